The molecule has 2 aliphatic rings. The van der Waals surface area contributed by atoms with Crippen molar-refractivity contribution in [3.8, 4) is 0 Å². The second-order valence-corrected chi connectivity index (χ2v) is 4.17. The summed E-state index contributed by atoms with van der Waals surface area (Å²) in [4.78, 5) is 23.9. The highest BCUT2D eigenvalue weighted by molar-refractivity contribution is 5.83. The van der Waals surface area contributed by atoms with Crippen LogP contribution in [0, 0.1) is 0 Å². The van der Waals surface area contributed by atoms with Crippen molar-refractivity contribution in [1.82, 2.24) is 10.2 Å². The van der Waals surface area contributed by atoms with E-state index in [4.69, 9.17) is 9.84 Å². The number of amides is 1. The van der Waals surface area contributed by atoms with Crippen LogP contribution in [0.25, 0.3) is 0 Å². The average Bonchev–Trinajstić information content (AvgIpc) is 2.59. The van der Waals surface area contributed by atoms with Gasteiger partial charge in [-0.05, 0) is 19.8 Å². The first kappa shape index (κ1) is 11.8. The Kier molecular flexibility index (Phi) is 3.21. The predicted octanol–water partition coefficient (Wildman–Crippen LogP) is 0.548. The fraction of sp³-hybridized carbons (Fsp3) is 0.636. The van der Waals surface area contributed by atoms with Gasteiger partial charge in [-0.3, -0.25) is 4.90 Å². The second kappa shape index (κ2) is 4.65. The van der Waals surface area contributed by atoms with Crippen LogP contribution in [0.4, 0.5) is 4.79 Å². The lowest BCUT2D eigenvalue weighted by Crippen LogP contribution is -2.52. The minimum atomic E-state index is -0.922. The van der Waals surface area contributed by atoms with Crippen molar-refractivity contribution in [1.29, 1.82) is 0 Å². The Bertz CT molecular complexity index is 366. The van der Waals surface area contributed by atoms with Crippen LogP contribution in [0.1, 0.15) is 19.8 Å². The third-order valence-corrected chi connectivity index (χ3v) is 3.18. The van der Waals surface area contributed by atoms with E-state index >= 15 is 0 Å². The number of ether oxygens (including phenoxy) is 1. The third-order valence-electron chi connectivity index (χ3n) is 3.18. The first-order chi connectivity index (χ1) is 8.13. The standard InChI is InChI=1S/C11H16N2O4/c1-2-17-10(14)5-8-9-4-3-7(6-12-8)13(9)11(15)16/h5,7,9,12H,2-4,6H2,1H3,(H,15,16). The summed E-state index contributed by atoms with van der Waals surface area (Å²) in [6.45, 7) is 2.62. The van der Waals surface area contributed by atoms with Crippen molar-refractivity contribution < 1.29 is 19.4 Å². The van der Waals surface area contributed by atoms with Gasteiger partial charge in [0.25, 0.3) is 0 Å². The number of esters is 1. The van der Waals surface area contributed by atoms with E-state index in [0.717, 1.165) is 12.8 Å². The molecule has 0 aromatic rings. The van der Waals surface area contributed by atoms with Gasteiger partial charge in [-0.15, -0.1) is 0 Å². The summed E-state index contributed by atoms with van der Waals surface area (Å²) in [6.07, 6.45) is 2.04. The van der Waals surface area contributed by atoms with Gasteiger partial charge in [0.2, 0.25) is 0 Å². The Morgan fingerprint density at radius 3 is 3.00 bits per heavy atom. The van der Waals surface area contributed by atoms with E-state index in [9.17, 15) is 9.59 Å². The van der Waals surface area contributed by atoms with Crippen molar-refractivity contribution in [3.05, 3.63) is 11.8 Å². The van der Waals surface area contributed by atoms with Gasteiger partial charge in [-0.2, -0.15) is 0 Å². The molecule has 2 bridgehead atoms. The summed E-state index contributed by atoms with van der Waals surface area (Å²) in [5, 5.41) is 12.2. The molecule has 94 valence electrons. The van der Waals surface area contributed by atoms with Gasteiger partial charge in [0.05, 0.1) is 18.7 Å². The number of fused-ring (bicyclic) bond motifs is 2. The van der Waals surface area contributed by atoms with Crippen molar-refractivity contribution in [3.63, 3.8) is 0 Å². The summed E-state index contributed by atoms with van der Waals surface area (Å²) in [7, 11) is 0. The van der Waals surface area contributed by atoms with Crippen LogP contribution >= 0.6 is 0 Å². The smallest absolute Gasteiger partial charge is 0.408 e. The van der Waals surface area contributed by atoms with Gasteiger partial charge >= 0.3 is 12.1 Å². The maximum absolute atomic E-state index is 11.4. The van der Waals surface area contributed by atoms with Gasteiger partial charge in [-0.25, -0.2) is 9.59 Å². The summed E-state index contributed by atoms with van der Waals surface area (Å²) >= 11 is 0. The highest BCUT2D eigenvalue weighted by atomic mass is 16.5. The quantitative estimate of drug-likeness (QED) is 0.544. The maximum Gasteiger partial charge on any atom is 0.408 e. The summed E-state index contributed by atoms with van der Waals surface area (Å²) in [6, 6.07) is -0.201. The first-order valence-electron chi connectivity index (χ1n) is 5.77. The van der Waals surface area contributed by atoms with E-state index in [2.05, 4.69) is 5.32 Å². The number of hydrogen-bond acceptors (Lipinski definition) is 4. The lowest BCUT2D eigenvalue weighted by Gasteiger charge is -2.35. The molecule has 0 radical (unpaired) electrons. The van der Waals surface area contributed by atoms with E-state index in [1.165, 1.54) is 11.0 Å². The summed E-state index contributed by atoms with van der Waals surface area (Å²) in [5.41, 5.74) is 0.652. The van der Waals surface area contributed by atoms with Crippen molar-refractivity contribution >= 4 is 12.1 Å². The van der Waals surface area contributed by atoms with Crippen molar-refractivity contribution in [2.45, 2.75) is 31.8 Å². The number of carbonyl (C=O) groups excluding carboxylic acids is 1. The van der Waals surface area contributed by atoms with Gasteiger partial charge in [0.15, 0.2) is 0 Å². The van der Waals surface area contributed by atoms with Crippen LogP contribution < -0.4 is 5.32 Å². The molecule has 1 amide bonds. The lowest BCUT2D eigenvalue weighted by atomic mass is 10.1. The monoisotopic (exact) mass is 240 g/mol. The third kappa shape index (κ3) is 2.20. The zero-order valence-corrected chi connectivity index (χ0v) is 9.68. The molecule has 2 N–H and O–H groups in total. The number of hydrogen-bond donors (Lipinski definition) is 2. The maximum atomic E-state index is 11.4. The first-order valence-corrected chi connectivity index (χ1v) is 5.77. The van der Waals surface area contributed by atoms with E-state index < -0.39 is 12.1 Å². The number of nitrogens with one attached hydrogen (secondary N) is 1. The number of rotatable bonds is 2. The normalized spacial score (nSPS) is 29.0. The number of piperazine rings is 1. The minimum absolute atomic E-state index is 0.0249. The number of carboxylic acid groups (broad SMARTS) is 1. The molecular weight excluding hydrogens is 224 g/mol. The molecule has 2 fully saturated rings. The number of nitrogens with zero attached hydrogens (tertiary/aromatic N) is 1. The predicted molar refractivity (Wildman–Crippen MR) is 59.4 cm³/mol. The Hall–Kier alpha value is -1.72. The summed E-state index contributed by atoms with van der Waals surface area (Å²) in [5.74, 6) is -0.425. The van der Waals surface area contributed by atoms with Gasteiger partial charge in [-0.1, -0.05) is 0 Å². The molecule has 2 rings (SSSR count). The van der Waals surface area contributed by atoms with Crippen LogP contribution in [0.3, 0.4) is 0 Å². The van der Waals surface area contributed by atoms with Gasteiger partial charge in [0, 0.05) is 18.3 Å². The lowest BCUT2D eigenvalue weighted by molar-refractivity contribution is -0.137. The van der Waals surface area contributed by atoms with Crippen LogP contribution in [-0.2, 0) is 9.53 Å². The molecule has 0 aromatic carbocycles. The molecule has 2 unspecified atom stereocenters. The fourth-order valence-electron chi connectivity index (χ4n) is 2.49. The van der Waals surface area contributed by atoms with Crippen LogP contribution in [-0.4, -0.2) is 47.3 Å². The molecule has 0 spiro atoms. The molecule has 0 aliphatic carbocycles. The SMILES string of the molecule is CCOC(=O)C=C1NCC2CCC1N2C(=O)O. The van der Waals surface area contributed by atoms with Gasteiger partial charge in [0.1, 0.15) is 0 Å². The van der Waals surface area contributed by atoms with Crippen LogP contribution in [0.2, 0.25) is 0 Å². The van der Waals surface area contributed by atoms with Crippen molar-refractivity contribution in [2.75, 3.05) is 13.2 Å². The average molecular weight is 240 g/mol. The fourth-order valence-corrected chi connectivity index (χ4v) is 2.49. The molecule has 6 heteroatoms. The van der Waals surface area contributed by atoms with E-state index in [1.807, 2.05) is 0 Å². The molecular formula is C11H16N2O4. The minimum Gasteiger partial charge on any atom is -0.465 e. The molecule has 17 heavy (non-hydrogen) atoms. The molecule has 0 saturated carbocycles. The Morgan fingerprint density at radius 2 is 2.35 bits per heavy atom. The Labute approximate surface area is 99.2 Å². The second-order valence-electron chi connectivity index (χ2n) is 4.17. The largest absolute Gasteiger partial charge is 0.465 e. The van der Waals surface area contributed by atoms with E-state index in [1.54, 1.807) is 6.92 Å². The van der Waals surface area contributed by atoms with Gasteiger partial charge < -0.3 is 15.2 Å². The number of carbonyl (C=O) groups is 2. The Morgan fingerprint density at radius 1 is 1.59 bits per heavy atom. The molecule has 2 aliphatic heterocycles. The highest BCUT2D eigenvalue weighted by Gasteiger charge is 2.42. The molecule has 6 nitrogen and oxygen atoms in total. The topological polar surface area (TPSA) is 78.9 Å². The zero-order valence-electron chi connectivity index (χ0n) is 9.68. The van der Waals surface area contributed by atoms with E-state index in [0.29, 0.717) is 18.8 Å². The van der Waals surface area contributed by atoms with Crippen LogP contribution in [0.15, 0.2) is 11.8 Å². The molecule has 2 atom stereocenters. The molecule has 2 saturated heterocycles. The molecule has 0 aromatic heterocycles. The highest BCUT2D eigenvalue weighted by Crippen LogP contribution is 2.31. The molecule has 2 heterocycles. The van der Waals surface area contributed by atoms with Crippen LogP contribution in [0.5, 0.6) is 0 Å². The Balaban J connectivity index is 2.15. The van der Waals surface area contributed by atoms with E-state index in [-0.39, 0.29) is 12.1 Å². The summed E-state index contributed by atoms with van der Waals surface area (Å²) < 4.78 is 4.83. The van der Waals surface area contributed by atoms with Crippen molar-refractivity contribution in [2.24, 2.45) is 0 Å². The zero-order chi connectivity index (χ0) is 12.4.